The lowest BCUT2D eigenvalue weighted by molar-refractivity contribution is -0.135. The van der Waals surface area contributed by atoms with E-state index in [1.54, 1.807) is 24.3 Å². The summed E-state index contributed by atoms with van der Waals surface area (Å²) in [5.74, 6) is -0.0469. The number of rotatable bonds is 7. The molecule has 1 aliphatic carbocycles. The van der Waals surface area contributed by atoms with Gasteiger partial charge in [0, 0.05) is 47.3 Å². The molecule has 2 unspecified atom stereocenters. The van der Waals surface area contributed by atoms with E-state index in [4.69, 9.17) is 27.9 Å². The van der Waals surface area contributed by atoms with E-state index < -0.39 is 16.9 Å². The maximum absolute atomic E-state index is 13.7. The highest BCUT2D eigenvalue weighted by Gasteiger charge is 2.54. The number of halogens is 2. The zero-order chi connectivity index (χ0) is 25.4. The van der Waals surface area contributed by atoms with Gasteiger partial charge in [-0.05, 0) is 60.7 Å². The fourth-order valence-corrected chi connectivity index (χ4v) is 6.21. The number of fused-ring (bicyclic) bond motifs is 2. The Morgan fingerprint density at radius 1 is 1.06 bits per heavy atom. The van der Waals surface area contributed by atoms with Crippen molar-refractivity contribution in [2.45, 2.75) is 76.2 Å². The molecule has 2 atom stereocenters. The molecule has 1 saturated heterocycles. The Labute approximate surface area is 216 Å². The highest BCUT2D eigenvalue weighted by molar-refractivity contribution is 6.31. The zero-order valence-corrected chi connectivity index (χ0v) is 21.9. The van der Waals surface area contributed by atoms with Crippen LogP contribution >= 0.6 is 23.2 Å². The van der Waals surface area contributed by atoms with Crippen LogP contribution in [0.2, 0.25) is 10.0 Å². The molecule has 4 rings (SSSR count). The minimum atomic E-state index is -0.983. The topological polar surface area (TPSA) is 72.5 Å². The van der Waals surface area contributed by atoms with Crippen molar-refractivity contribution in [3.05, 3.63) is 63.1 Å². The molecule has 0 saturated carbocycles. The first kappa shape index (κ1) is 25.7. The van der Waals surface area contributed by atoms with Crippen LogP contribution in [0.15, 0.2) is 36.4 Å². The minimum Gasteiger partial charge on any atom is -0.479 e. The standard InChI is InChI=1S/C28H31Cl2NO4/c1-4-24(32)27(5-2,6-3)35-23-11-9-19(30)14-20(23)22-15-26(34)31-16-28(22)21-10-8-18(29)13-17(21)7-12-25(28)33/h8-11,13-14,22H,4-7,12,15-16H2,1-3H3,(H,31,34). The zero-order valence-electron chi connectivity index (χ0n) is 20.4. The molecule has 5 nitrogen and oxygen atoms in total. The molecule has 0 radical (unpaired) electrons. The van der Waals surface area contributed by atoms with Crippen molar-refractivity contribution < 1.29 is 19.1 Å². The number of amides is 1. The number of hydrogen-bond acceptors (Lipinski definition) is 4. The normalized spacial score (nSPS) is 22.0. The van der Waals surface area contributed by atoms with Crippen molar-refractivity contribution in [3.8, 4) is 5.75 Å². The Bertz CT molecular complexity index is 1170. The number of carbonyl (C=O) groups is 3. The third kappa shape index (κ3) is 4.38. The number of Topliss-reactive ketones (excluding diaryl/α,β-unsaturated/α-hetero) is 2. The smallest absolute Gasteiger partial charge is 0.220 e. The Kier molecular flexibility index (Phi) is 7.31. The fourth-order valence-electron chi connectivity index (χ4n) is 5.83. The molecule has 1 amide bonds. The molecule has 186 valence electrons. The first-order valence-corrected chi connectivity index (χ1v) is 13.1. The van der Waals surface area contributed by atoms with Crippen molar-refractivity contribution >= 4 is 40.7 Å². The van der Waals surface area contributed by atoms with Crippen LogP contribution < -0.4 is 10.1 Å². The number of ether oxygens (including phenoxy) is 1. The molecule has 0 aromatic heterocycles. The molecule has 1 fully saturated rings. The Morgan fingerprint density at radius 3 is 2.43 bits per heavy atom. The maximum atomic E-state index is 13.7. The van der Waals surface area contributed by atoms with Gasteiger partial charge in [-0.1, -0.05) is 50.0 Å². The number of ketones is 2. The predicted molar refractivity (Wildman–Crippen MR) is 138 cm³/mol. The summed E-state index contributed by atoms with van der Waals surface area (Å²) in [4.78, 5) is 39.4. The fraction of sp³-hybridized carbons (Fsp3) is 0.464. The lowest BCUT2D eigenvalue weighted by atomic mass is 9.58. The summed E-state index contributed by atoms with van der Waals surface area (Å²) >= 11 is 12.7. The second kappa shape index (κ2) is 9.94. The summed E-state index contributed by atoms with van der Waals surface area (Å²) in [6.45, 7) is 5.90. The highest BCUT2D eigenvalue weighted by atomic mass is 35.5. The first-order chi connectivity index (χ1) is 16.7. The Hall–Kier alpha value is -2.37. The van der Waals surface area contributed by atoms with Gasteiger partial charge in [0.05, 0.1) is 5.41 Å². The van der Waals surface area contributed by atoms with E-state index in [0.717, 1.165) is 11.1 Å². The molecule has 1 N–H and O–H groups in total. The summed E-state index contributed by atoms with van der Waals surface area (Å²) in [7, 11) is 0. The van der Waals surface area contributed by atoms with Gasteiger partial charge >= 0.3 is 0 Å². The van der Waals surface area contributed by atoms with Crippen molar-refractivity contribution in [1.82, 2.24) is 5.32 Å². The minimum absolute atomic E-state index is 0.0215. The average molecular weight is 516 g/mol. The Morgan fingerprint density at radius 2 is 1.74 bits per heavy atom. The van der Waals surface area contributed by atoms with Crippen LogP contribution in [-0.4, -0.2) is 29.6 Å². The lowest BCUT2D eigenvalue weighted by Crippen LogP contribution is -2.57. The molecular formula is C28H31Cl2NO4. The second-order valence-corrected chi connectivity index (χ2v) is 10.4. The quantitative estimate of drug-likeness (QED) is 0.493. The number of nitrogens with one attached hydrogen (secondary N) is 1. The van der Waals surface area contributed by atoms with Gasteiger partial charge in [-0.3, -0.25) is 14.4 Å². The van der Waals surface area contributed by atoms with Crippen molar-refractivity contribution in [1.29, 1.82) is 0 Å². The molecule has 1 heterocycles. The van der Waals surface area contributed by atoms with Gasteiger partial charge in [0.25, 0.3) is 0 Å². The summed E-state index contributed by atoms with van der Waals surface area (Å²) in [5, 5.41) is 4.04. The SMILES string of the molecule is CCC(=O)C(CC)(CC)Oc1ccc(Cl)cc1C1CC(=O)NCC12C(=O)CCc1cc(Cl)ccc12. The molecule has 1 aliphatic heterocycles. The van der Waals surface area contributed by atoms with Crippen LogP contribution in [0.5, 0.6) is 5.75 Å². The van der Waals surface area contributed by atoms with E-state index >= 15 is 0 Å². The monoisotopic (exact) mass is 515 g/mol. The Balaban J connectivity index is 1.92. The van der Waals surface area contributed by atoms with E-state index in [-0.39, 0.29) is 30.4 Å². The van der Waals surface area contributed by atoms with E-state index in [2.05, 4.69) is 5.32 Å². The van der Waals surface area contributed by atoms with E-state index in [1.165, 1.54) is 0 Å². The highest BCUT2D eigenvalue weighted by Crippen LogP contribution is 2.51. The van der Waals surface area contributed by atoms with Gasteiger partial charge in [-0.25, -0.2) is 0 Å². The number of benzene rings is 2. The number of carbonyl (C=O) groups excluding carboxylic acids is 3. The molecule has 2 aliphatic rings. The van der Waals surface area contributed by atoms with Crippen LogP contribution in [0.1, 0.15) is 75.5 Å². The summed E-state index contributed by atoms with van der Waals surface area (Å²) in [5.41, 5.74) is 0.628. The van der Waals surface area contributed by atoms with Gasteiger partial charge in [-0.2, -0.15) is 0 Å². The predicted octanol–water partition coefficient (Wildman–Crippen LogP) is 5.97. The van der Waals surface area contributed by atoms with Gasteiger partial charge in [0.1, 0.15) is 11.5 Å². The third-order valence-electron chi connectivity index (χ3n) is 7.84. The molecular weight excluding hydrogens is 485 g/mol. The summed E-state index contributed by atoms with van der Waals surface area (Å²) < 4.78 is 6.53. The van der Waals surface area contributed by atoms with E-state index in [9.17, 15) is 14.4 Å². The number of aryl methyl sites for hydroxylation is 1. The van der Waals surface area contributed by atoms with Crippen molar-refractivity contribution in [2.24, 2.45) is 0 Å². The summed E-state index contributed by atoms with van der Waals surface area (Å²) in [6, 6.07) is 10.9. The van der Waals surface area contributed by atoms with Gasteiger partial charge in [-0.15, -0.1) is 0 Å². The molecule has 0 bridgehead atoms. The van der Waals surface area contributed by atoms with Gasteiger partial charge in [0.15, 0.2) is 11.4 Å². The molecule has 35 heavy (non-hydrogen) atoms. The van der Waals surface area contributed by atoms with Gasteiger partial charge in [0.2, 0.25) is 5.91 Å². The van der Waals surface area contributed by atoms with E-state index in [0.29, 0.717) is 53.5 Å². The van der Waals surface area contributed by atoms with Crippen LogP contribution in [0, 0.1) is 0 Å². The molecule has 2 aromatic carbocycles. The van der Waals surface area contributed by atoms with Crippen molar-refractivity contribution in [2.75, 3.05) is 6.54 Å². The third-order valence-corrected chi connectivity index (χ3v) is 8.31. The van der Waals surface area contributed by atoms with Crippen molar-refractivity contribution in [3.63, 3.8) is 0 Å². The maximum Gasteiger partial charge on any atom is 0.220 e. The molecule has 7 heteroatoms. The number of hydrogen-bond donors (Lipinski definition) is 1. The summed E-state index contributed by atoms with van der Waals surface area (Å²) in [6.07, 6.45) is 2.45. The van der Waals surface area contributed by atoms with E-state index in [1.807, 2.05) is 32.9 Å². The largest absolute Gasteiger partial charge is 0.479 e. The van der Waals surface area contributed by atoms with Crippen LogP contribution in [0.3, 0.4) is 0 Å². The second-order valence-electron chi connectivity index (χ2n) is 9.49. The van der Waals surface area contributed by atoms with Crippen LogP contribution in [0.25, 0.3) is 0 Å². The van der Waals surface area contributed by atoms with Crippen LogP contribution in [0.4, 0.5) is 0 Å². The van der Waals surface area contributed by atoms with Gasteiger partial charge < -0.3 is 10.1 Å². The van der Waals surface area contributed by atoms with Crippen LogP contribution in [-0.2, 0) is 26.2 Å². The lowest BCUT2D eigenvalue weighted by Gasteiger charge is -2.47. The average Bonchev–Trinajstić information content (AvgIpc) is 2.86. The molecule has 1 spiro atoms. The number of piperidine rings is 1. The molecule has 2 aromatic rings. The first-order valence-electron chi connectivity index (χ1n) is 12.3.